The van der Waals surface area contributed by atoms with Crippen LogP contribution in [-0.2, 0) is 0 Å². The number of hydrogen-bond acceptors (Lipinski definition) is 2. The van der Waals surface area contributed by atoms with E-state index in [2.05, 4.69) is 11.1 Å². The molecule has 1 atom stereocenters. The molecule has 0 spiro atoms. The van der Waals surface area contributed by atoms with Gasteiger partial charge in [-0.3, -0.25) is 4.98 Å². The molecule has 1 aromatic heterocycles. The van der Waals surface area contributed by atoms with Crippen molar-refractivity contribution in [1.82, 2.24) is 4.98 Å². The number of benzene rings is 1. The van der Waals surface area contributed by atoms with Crippen LogP contribution in [-0.4, -0.2) is 10.1 Å². The SMILES string of the molecule is Cc1ccc(-c2ccc([C@H](C)O)cc2)cn1. The van der Waals surface area contributed by atoms with Gasteiger partial charge in [0.2, 0.25) is 0 Å². The lowest BCUT2D eigenvalue weighted by atomic mass is 10.0. The number of hydrogen-bond donors (Lipinski definition) is 1. The highest BCUT2D eigenvalue weighted by Crippen LogP contribution is 2.21. The van der Waals surface area contributed by atoms with Crippen molar-refractivity contribution < 1.29 is 5.11 Å². The fraction of sp³-hybridized carbons (Fsp3) is 0.214. The van der Waals surface area contributed by atoms with E-state index in [9.17, 15) is 5.11 Å². The van der Waals surface area contributed by atoms with Crippen molar-refractivity contribution in [3.05, 3.63) is 53.9 Å². The van der Waals surface area contributed by atoms with Crippen LogP contribution >= 0.6 is 0 Å². The molecular weight excluding hydrogens is 198 g/mol. The van der Waals surface area contributed by atoms with E-state index in [4.69, 9.17) is 0 Å². The monoisotopic (exact) mass is 213 g/mol. The number of aliphatic hydroxyl groups excluding tert-OH is 1. The number of aromatic nitrogens is 1. The summed E-state index contributed by atoms with van der Waals surface area (Å²) in [7, 11) is 0. The van der Waals surface area contributed by atoms with E-state index >= 15 is 0 Å². The zero-order chi connectivity index (χ0) is 11.5. The first kappa shape index (κ1) is 10.8. The lowest BCUT2D eigenvalue weighted by Gasteiger charge is -2.06. The number of pyridine rings is 1. The molecule has 0 saturated heterocycles. The first-order valence-electron chi connectivity index (χ1n) is 5.38. The van der Waals surface area contributed by atoms with Crippen LogP contribution in [0.3, 0.4) is 0 Å². The summed E-state index contributed by atoms with van der Waals surface area (Å²) in [6.45, 7) is 3.74. The van der Waals surface area contributed by atoms with Crippen molar-refractivity contribution >= 4 is 0 Å². The predicted octanol–water partition coefficient (Wildman–Crippen LogP) is 3.11. The Morgan fingerprint density at radius 1 is 1.00 bits per heavy atom. The van der Waals surface area contributed by atoms with Gasteiger partial charge in [-0.05, 0) is 31.0 Å². The lowest BCUT2D eigenvalue weighted by Crippen LogP contribution is -1.90. The molecule has 0 aliphatic rings. The fourth-order valence-electron chi connectivity index (χ4n) is 1.59. The van der Waals surface area contributed by atoms with Crippen LogP contribution in [0.15, 0.2) is 42.6 Å². The van der Waals surface area contributed by atoms with Crippen LogP contribution in [0, 0.1) is 6.92 Å². The van der Waals surface area contributed by atoms with E-state index in [1.165, 1.54) is 0 Å². The molecule has 82 valence electrons. The molecule has 2 rings (SSSR count). The van der Waals surface area contributed by atoms with Crippen LogP contribution in [0.1, 0.15) is 24.3 Å². The van der Waals surface area contributed by atoms with Crippen molar-refractivity contribution in [1.29, 1.82) is 0 Å². The van der Waals surface area contributed by atoms with Crippen LogP contribution in [0.2, 0.25) is 0 Å². The third-order valence-electron chi connectivity index (χ3n) is 2.64. The van der Waals surface area contributed by atoms with E-state index in [0.717, 1.165) is 22.4 Å². The molecule has 1 aromatic carbocycles. The van der Waals surface area contributed by atoms with Gasteiger partial charge in [-0.2, -0.15) is 0 Å². The summed E-state index contributed by atoms with van der Waals surface area (Å²) in [6.07, 6.45) is 1.46. The Morgan fingerprint density at radius 3 is 2.12 bits per heavy atom. The van der Waals surface area contributed by atoms with Gasteiger partial charge in [0.1, 0.15) is 0 Å². The van der Waals surface area contributed by atoms with Crippen molar-refractivity contribution in [2.45, 2.75) is 20.0 Å². The molecule has 16 heavy (non-hydrogen) atoms. The summed E-state index contributed by atoms with van der Waals surface area (Å²) in [5, 5.41) is 9.41. The average molecular weight is 213 g/mol. The van der Waals surface area contributed by atoms with Crippen molar-refractivity contribution in [3.8, 4) is 11.1 Å². The van der Waals surface area contributed by atoms with Gasteiger partial charge in [0.05, 0.1) is 6.10 Å². The van der Waals surface area contributed by atoms with Crippen molar-refractivity contribution in [2.24, 2.45) is 0 Å². The normalized spacial score (nSPS) is 12.4. The Bertz CT molecular complexity index is 457. The highest BCUT2D eigenvalue weighted by molar-refractivity contribution is 5.62. The molecule has 0 bridgehead atoms. The number of nitrogens with zero attached hydrogens (tertiary/aromatic N) is 1. The van der Waals surface area contributed by atoms with Crippen molar-refractivity contribution in [2.75, 3.05) is 0 Å². The quantitative estimate of drug-likeness (QED) is 0.831. The molecule has 0 saturated carbocycles. The smallest absolute Gasteiger partial charge is 0.0761 e. The molecule has 2 nitrogen and oxygen atoms in total. The molecular formula is C14H15NO. The van der Waals surface area contributed by atoms with Gasteiger partial charge in [0, 0.05) is 17.5 Å². The summed E-state index contributed by atoms with van der Waals surface area (Å²) in [5.41, 5.74) is 4.17. The second-order valence-electron chi connectivity index (χ2n) is 3.99. The molecule has 0 radical (unpaired) electrons. The highest BCUT2D eigenvalue weighted by atomic mass is 16.3. The fourth-order valence-corrected chi connectivity index (χ4v) is 1.59. The van der Waals surface area contributed by atoms with Crippen LogP contribution in [0.5, 0.6) is 0 Å². The standard InChI is InChI=1S/C14H15NO/c1-10-3-4-14(9-15-10)13-7-5-12(6-8-13)11(2)16/h3-9,11,16H,1-2H3/t11-/m0/s1. The number of aliphatic hydroxyl groups is 1. The van der Waals surface area contributed by atoms with Gasteiger partial charge in [0.15, 0.2) is 0 Å². The molecule has 0 aliphatic carbocycles. The zero-order valence-electron chi connectivity index (χ0n) is 9.51. The molecule has 0 unspecified atom stereocenters. The van der Waals surface area contributed by atoms with Crippen molar-refractivity contribution in [3.63, 3.8) is 0 Å². The Morgan fingerprint density at radius 2 is 1.62 bits per heavy atom. The zero-order valence-corrected chi connectivity index (χ0v) is 9.51. The van der Waals surface area contributed by atoms with E-state index in [1.54, 1.807) is 6.92 Å². The summed E-state index contributed by atoms with van der Waals surface area (Å²) in [6, 6.07) is 12.0. The molecule has 1 N–H and O–H groups in total. The van der Waals surface area contributed by atoms with E-state index in [0.29, 0.717) is 0 Å². The van der Waals surface area contributed by atoms with E-state index in [1.807, 2.05) is 43.5 Å². The minimum absolute atomic E-state index is 0.412. The van der Waals surface area contributed by atoms with Gasteiger partial charge in [-0.1, -0.05) is 30.3 Å². The van der Waals surface area contributed by atoms with Crippen LogP contribution in [0.25, 0.3) is 11.1 Å². The number of aryl methyl sites for hydroxylation is 1. The minimum Gasteiger partial charge on any atom is -0.389 e. The maximum atomic E-state index is 9.41. The Hall–Kier alpha value is -1.67. The maximum Gasteiger partial charge on any atom is 0.0761 e. The van der Waals surface area contributed by atoms with E-state index in [-0.39, 0.29) is 0 Å². The van der Waals surface area contributed by atoms with Gasteiger partial charge >= 0.3 is 0 Å². The first-order valence-corrected chi connectivity index (χ1v) is 5.38. The number of rotatable bonds is 2. The summed E-state index contributed by atoms with van der Waals surface area (Å²) in [4.78, 5) is 4.26. The lowest BCUT2D eigenvalue weighted by molar-refractivity contribution is 0.199. The predicted molar refractivity (Wildman–Crippen MR) is 65.0 cm³/mol. The third-order valence-corrected chi connectivity index (χ3v) is 2.64. The summed E-state index contributed by atoms with van der Waals surface area (Å²) in [5.74, 6) is 0. The molecule has 2 heteroatoms. The van der Waals surface area contributed by atoms with Gasteiger partial charge in [-0.15, -0.1) is 0 Å². The molecule has 1 heterocycles. The molecule has 0 amide bonds. The Kier molecular flexibility index (Phi) is 3.02. The molecule has 2 aromatic rings. The highest BCUT2D eigenvalue weighted by Gasteiger charge is 2.01. The minimum atomic E-state index is -0.412. The third kappa shape index (κ3) is 2.28. The largest absolute Gasteiger partial charge is 0.389 e. The van der Waals surface area contributed by atoms with Crippen LogP contribution < -0.4 is 0 Å². The second kappa shape index (κ2) is 4.45. The molecule has 0 fully saturated rings. The van der Waals surface area contributed by atoms with E-state index < -0.39 is 6.10 Å². The molecule has 0 aliphatic heterocycles. The average Bonchev–Trinajstić information content (AvgIpc) is 2.30. The maximum absolute atomic E-state index is 9.41. The van der Waals surface area contributed by atoms with Gasteiger partial charge in [-0.25, -0.2) is 0 Å². The Labute approximate surface area is 95.6 Å². The van der Waals surface area contributed by atoms with Gasteiger partial charge in [0.25, 0.3) is 0 Å². The Balaban J connectivity index is 2.31. The first-order chi connectivity index (χ1) is 7.66. The summed E-state index contributed by atoms with van der Waals surface area (Å²) >= 11 is 0. The second-order valence-corrected chi connectivity index (χ2v) is 3.99. The summed E-state index contributed by atoms with van der Waals surface area (Å²) < 4.78 is 0. The van der Waals surface area contributed by atoms with Gasteiger partial charge < -0.3 is 5.11 Å². The van der Waals surface area contributed by atoms with Crippen LogP contribution in [0.4, 0.5) is 0 Å². The topological polar surface area (TPSA) is 33.1 Å².